The van der Waals surface area contributed by atoms with Gasteiger partial charge in [0.15, 0.2) is 0 Å². The van der Waals surface area contributed by atoms with Crippen molar-refractivity contribution >= 4 is 21.4 Å². The minimum absolute atomic E-state index is 0.471. The summed E-state index contributed by atoms with van der Waals surface area (Å²) in [4.78, 5) is 5.60. The zero-order valence-corrected chi connectivity index (χ0v) is 14.6. The Morgan fingerprint density at radius 2 is 1.80 bits per heavy atom. The monoisotopic (exact) mass is 347 g/mol. The number of rotatable bonds is 5. The van der Waals surface area contributed by atoms with Crippen LogP contribution in [0.25, 0.3) is 20.5 Å². The summed E-state index contributed by atoms with van der Waals surface area (Å²) >= 11 is 1.78. The molecule has 0 unspecified atom stereocenters. The van der Waals surface area contributed by atoms with Gasteiger partial charge in [-0.3, -0.25) is 4.98 Å². The number of thiophene rings is 1. The van der Waals surface area contributed by atoms with Gasteiger partial charge < -0.3 is 9.47 Å². The van der Waals surface area contributed by atoms with E-state index in [9.17, 15) is 0 Å². The van der Waals surface area contributed by atoms with Crippen molar-refractivity contribution in [3.8, 4) is 21.9 Å². The fourth-order valence-corrected chi connectivity index (χ4v) is 3.73. The summed E-state index contributed by atoms with van der Waals surface area (Å²) in [6, 6.07) is 20.4. The molecule has 0 aliphatic rings. The van der Waals surface area contributed by atoms with Crippen molar-refractivity contribution in [1.82, 2.24) is 4.98 Å². The van der Waals surface area contributed by atoms with Gasteiger partial charge in [-0.25, -0.2) is 0 Å². The minimum atomic E-state index is 0.471. The molecule has 0 bridgehead atoms. The molecule has 0 atom stereocenters. The molecule has 0 amide bonds. The van der Waals surface area contributed by atoms with Crippen LogP contribution in [0, 0.1) is 0 Å². The van der Waals surface area contributed by atoms with Gasteiger partial charge >= 0.3 is 0 Å². The Morgan fingerprint density at radius 3 is 2.68 bits per heavy atom. The average Bonchev–Trinajstić information content (AvgIpc) is 3.11. The van der Waals surface area contributed by atoms with Crippen molar-refractivity contribution in [3.63, 3.8) is 0 Å². The molecule has 2 aromatic carbocycles. The van der Waals surface area contributed by atoms with Crippen LogP contribution in [0.1, 0.15) is 5.56 Å². The van der Waals surface area contributed by atoms with Gasteiger partial charge in [-0.2, -0.15) is 0 Å². The maximum absolute atomic E-state index is 5.87. The Kier molecular flexibility index (Phi) is 4.36. The number of ether oxygens (including phenoxy) is 2. The van der Waals surface area contributed by atoms with Crippen molar-refractivity contribution < 1.29 is 9.47 Å². The molecule has 3 nitrogen and oxygen atoms in total. The molecular formula is C21H17NO2S. The highest BCUT2D eigenvalue weighted by atomic mass is 32.1. The van der Waals surface area contributed by atoms with Crippen LogP contribution in [0.15, 0.2) is 73.1 Å². The van der Waals surface area contributed by atoms with E-state index in [2.05, 4.69) is 41.4 Å². The standard InChI is InChI=1S/C21H17NO2S/c1-23-18-6-4-7-19(11-18)24-14-15-9-17(13-22-12-15)21-10-16-5-2-3-8-20(16)25-21/h2-13H,14H2,1H3. The molecule has 0 radical (unpaired) electrons. The number of pyridine rings is 1. The summed E-state index contributed by atoms with van der Waals surface area (Å²) < 4.78 is 12.4. The predicted molar refractivity (Wildman–Crippen MR) is 102 cm³/mol. The molecule has 4 aromatic rings. The van der Waals surface area contributed by atoms with Crippen LogP contribution in [0.4, 0.5) is 0 Å². The first kappa shape index (κ1) is 15.7. The fraction of sp³-hybridized carbons (Fsp3) is 0.0952. The van der Waals surface area contributed by atoms with E-state index < -0.39 is 0 Å². The largest absolute Gasteiger partial charge is 0.497 e. The van der Waals surface area contributed by atoms with E-state index >= 15 is 0 Å². The van der Waals surface area contributed by atoms with Gasteiger partial charge in [0.25, 0.3) is 0 Å². The van der Waals surface area contributed by atoms with Gasteiger partial charge in [-0.1, -0.05) is 24.3 Å². The van der Waals surface area contributed by atoms with Gasteiger partial charge in [-0.05, 0) is 35.7 Å². The second-order valence-corrected chi connectivity index (χ2v) is 6.78. The highest BCUT2D eigenvalue weighted by Crippen LogP contribution is 2.33. The fourth-order valence-electron chi connectivity index (χ4n) is 2.68. The Bertz CT molecular complexity index is 976. The van der Waals surface area contributed by atoms with Crippen LogP contribution < -0.4 is 9.47 Å². The molecule has 25 heavy (non-hydrogen) atoms. The topological polar surface area (TPSA) is 31.4 Å². The van der Waals surface area contributed by atoms with Crippen molar-refractivity contribution in [2.24, 2.45) is 0 Å². The first-order chi connectivity index (χ1) is 12.3. The minimum Gasteiger partial charge on any atom is -0.497 e. The van der Waals surface area contributed by atoms with E-state index in [4.69, 9.17) is 9.47 Å². The molecule has 0 fully saturated rings. The smallest absolute Gasteiger partial charge is 0.123 e. The van der Waals surface area contributed by atoms with E-state index in [0.717, 1.165) is 22.6 Å². The second kappa shape index (κ2) is 6.95. The summed E-state index contributed by atoms with van der Waals surface area (Å²) in [6.45, 7) is 0.471. The highest BCUT2D eigenvalue weighted by Gasteiger charge is 2.06. The predicted octanol–water partition coefficient (Wildman–Crippen LogP) is 5.55. The van der Waals surface area contributed by atoms with Gasteiger partial charge in [-0.15, -0.1) is 11.3 Å². The third-order valence-corrected chi connectivity index (χ3v) is 5.12. The molecule has 2 heterocycles. The summed E-state index contributed by atoms with van der Waals surface area (Å²) in [5.41, 5.74) is 2.16. The first-order valence-electron chi connectivity index (χ1n) is 8.01. The van der Waals surface area contributed by atoms with Crippen LogP contribution >= 0.6 is 11.3 Å². The first-order valence-corrected chi connectivity index (χ1v) is 8.83. The quantitative estimate of drug-likeness (QED) is 0.474. The van der Waals surface area contributed by atoms with Crippen LogP contribution in [0.5, 0.6) is 11.5 Å². The summed E-state index contributed by atoms with van der Waals surface area (Å²) in [6.07, 6.45) is 3.75. The maximum atomic E-state index is 5.87. The zero-order valence-electron chi connectivity index (χ0n) is 13.8. The third-order valence-electron chi connectivity index (χ3n) is 3.95. The molecule has 0 saturated carbocycles. The molecule has 4 heteroatoms. The molecule has 0 saturated heterocycles. The summed E-state index contributed by atoms with van der Waals surface area (Å²) in [5, 5.41) is 1.26. The van der Waals surface area contributed by atoms with Crippen LogP contribution in [0.2, 0.25) is 0 Å². The average molecular weight is 347 g/mol. The maximum Gasteiger partial charge on any atom is 0.123 e. The number of fused-ring (bicyclic) bond motifs is 1. The summed E-state index contributed by atoms with van der Waals surface area (Å²) in [5.74, 6) is 1.57. The lowest BCUT2D eigenvalue weighted by atomic mass is 10.1. The van der Waals surface area contributed by atoms with Gasteiger partial charge in [0.2, 0.25) is 0 Å². The molecular weight excluding hydrogens is 330 g/mol. The number of hydrogen-bond acceptors (Lipinski definition) is 4. The van der Waals surface area contributed by atoms with E-state index in [1.165, 1.54) is 15.0 Å². The Morgan fingerprint density at radius 1 is 0.920 bits per heavy atom. The van der Waals surface area contributed by atoms with Crippen molar-refractivity contribution in [2.75, 3.05) is 7.11 Å². The number of methoxy groups -OCH3 is 1. The molecule has 2 aromatic heterocycles. The second-order valence-electron chi connectivity index (χ2n) is 5.70. The van der Waals surface area contributed by atoms with Gasteiger partial charge in [0, 0.05) is 39.2 Å². The highest BCUT2D eigenvalue weighted by molar-refractivity contribution is 7.22. The van der Waals surface area contributed by atoms with E-state index in [-0.39, 0.29) is 0 Å². The normalized spacial score (nSPS) is 10.8. The Labute approximate surface area is 150 Å². The summed E-state index contributed by atoms with van der Waals surface area (Å²) in [7, 11) is 1.65. The van der Waals surface area contributed by atoms with E-state index in [1.807, 2.05) is 36.7 Å². The number of hydrogen-bond donors (Lipinski definition) is 0. The van der Waals surface area contributed by atoms with Gasteiger partial charge in [0.1, 0.15) is 18.1 Å². The van der Waals surface area contributed by atoms with Crippen molar-refractivity contribution in [3.05, 3.63) is 78.6 Å². The molecule has 0 N–H and O–H groups in total. The molecule has 124 valence electrons. The molecule has 0 spiro atoms. The Balaban J connectivity index is 1.54. The lowest BCUT2D eigenvalue weighted by molar-refractivity contribution is 0.303. The van der Waals surface area contributed by atoms with E-state index in [0.29, 0.717) is 6.61 Å². The van der Waals surface area contributed by atoms with Gasteiger partial charge in [0.05, 0.1) is 7.11 Å². The lowest BCUT2D eigenvalue weighted by Crippen LogP contribution is -1.96. The van der Waals surface area contributed by atoms with Crippen LogP contribution in [-0.4, -0.2) is 12.1 Å². The SMILES string of the molecule is COc1cccc(OCc2cncc(-c3cc4ccccc4s3)c2)c1. The number of nitrogens with zero attached hydrogens (tertiary/aromatic N) is 1. The Hall–Kier alpha value is -2.85. The van der Waals surface area contributed by atoms with E-state index in [1.54, 1.807) is 18.4 Å². The van der Waals surface area contributed by atoms with Crippen LogP contribution in [-0.2, 0) is 6.61 Å². The number of aromatic nitrogens is 1. The van der Waals surface area contributed by atoms with Crippen LogP contribution in [0.3, 0.4) is 0 Å². The third kappa shape index (κ3) is 3.49. The molecule has 0 aliphatic carbocycles. The molecule has 0 aliphatic heterocycles. The van der Waals surface area contributed by atoms with Crippen molar-refractivity contribution in [1.29, 1.82) is 0 Å². The van der Waals surface area contributed by atoms with Crippen molar-refractivity contribution in [2.45, 2.75) is 6.61 Å². The lowest BCUT2D eigenvalue weighted by Gasteiger charge is -2.08. The zero-order chi connectivity index (χ0) is 17.1. The molecule has 4 rings (SSSR count). The number of benzene rings is 2.